The van der Waals surface area contributed by atoms with Gasteiger partial charge in [-0.3, -0.25) is 4.79 Å². The molecule has 4 N–H and O–H groups in total. The molecule has 3 nitrogen and oxygen atoms in total. The predicted molar refractivity (Wildman–Crippen MR) is 36.7 cm³/mol. The normalized spacial score (nSPS) is 25.2. The van der Waals surface area contributed by atoms with Gasteiger partial charge in [-0.2, -0.15) is 0 Å². The summed E-state index contributed by atoms with van der Waals surface area (Å²) < 4.78 is 0. The van der Waals surface area contributed by atoms with Crippen LogP contribution in [0.2, 0.25) is 0 Å². The molecule has 0 aromatic rings. The Bertz CT molecular complexity index is 97.2. The van der Waals surface area contributed by atoms with Crippen molar-refractivity contribution in [2.45, 2.75) is 25.8 Å². The first-order chi connectivity index (χ1) is 3.80. The molecule has 9 heavy (non-hydrogen) atoms. The molecule has 0 aromatic carbocycles. The molecule has 1 aliphatic heterocycles. The van der Waals surface area contributed by atoms with E-state index in [0.29, 0.717) is 0 Å². The quantitative estimate of drug-likeness (QED) is 0.543. The second kappa shape index (κ2) is 3.58. The standard InChI is InChI=1S/C6H11NO.H3N/c1-5(8)6-3-2-4-7-6;/h6-7H,2-4H2,1H3;1H3. The molecule has 54 valence electrons. The molecule has 1 atom stereocenters. The topological polar surface area (TPSA) is 64.1 Å². The van der Waals surface area contributed by atoms with Crippen LogP contribution in [0, 0.1) is 0 Å². The Kier molecular flexibility index (Phi) is 3.42. The number of nitrogens with one attached hydrogen (secondary N) is 1. The third-order valence-corrected chi connectivity index (χ3v) is 1.55. The van der Waals surface area contributed by atoms with Gasteiger partial charge in [0.25, 0.3) is 0 Å². The van der Waals surface area contributed by atoms with Crippen LogP contribution >= 0.6 is 0 Å². The zero-order valence-corrected chi connectivity index (χ0v) is 5.81. The first-order valence-corrected chi connectivity index (χ1v) is 3.04. The van der Waals surface area contributed by atoms with Crippen LogP contribution in [-0.2, 0) is 4.79 Å². The van der Waals surface area contributed by atoms with Gasteiger partial charge in [0.15, 0.2) is 0 Å². The SMILES string of the molecule is CC(=O)C1CCCN1.N. The molecule has 1 heterocycles. The lowest BCUT2D eigenvalue weighted by Gasteiger charge is -2.01. The lowest BCUT2D eigenvalue weighted by atomic mass is 10.2. The fourth-order valence-corrected chi connectivity index (χ4v) is 1.03. The lowest BCUT2D eigenvalue weighted by molar-refractivity contribution is -0.118. The summed E-state index contributed by atoms with van der Waals surface area (Å²) in [6, 6.07) is 0.176. The van der Waals surface area contributed by atoms with Crippen molar-refractivity contribution in [2.75, 3.05) is 6.54 Å². The van der Waals surface area contributed by atoms with Gasteiger partial charge in [0, 0.05) is 0 Å². The average Bonchev–Trinajstić information content (AvgIpc) is 2.12. The maximum absolute atomic E-state index is 10.6. The summed E-state index contributed by atoms with van der Waals surface area (Å²) in [7, 11) is 0. The van der Waals surface area contributed by atoms with E-state index < -0.39 is 0 Å². The molecule has 1 aliphatic rings. The fraction of sp³-hybridized carbons (Fsp3) is 0.833. The van der Waals surface area contributed by atoms with E-state index in [9.17, 15) is 4.79 Å². The summed E-state index contributed by atoms with van der Waals surface area (Å²) >= 11 is 0. The molecule has 1 fully saturated rings. The minimum atomic E-state index is 0. The Balaban J connectivity index is 0.000000640. The molecule has 3 heteroatoms. The Morgan fingerprint density at radius 3 is 2.56 bits per heavy atom. The highest BCUT2D eigenvalue weighted by molar-refractivity contribution is 5.81. The van der Waals surface area contributed by atoms with Crippen LogP contribution in [0.5, 0.6) is 0 Å². The van der Waals surface area contributed by atoms with Gasteiger partial charge in [-0.15, -0.1) is 0 Å². The van der Waals surface area contributed by atoms with Crippen molar-refractivity contribution in [3.63, 3.8) is 0 Å². The van der Waals surface area contributed by atoms with E-state index in [0.717, 1.165) is 19.4 Å². The highest BCUT2D eigenvalue weighted by Gasteiger charge is 2.17. The first kappa shape index (κ1) is 8.59. The third-order valence-electron chi connectivity index (χ3n) is 1.55. The van der Waals surface area contributed by atoms with Gasteiger partial charge in [-0.1, -0.05) is 0 Å². The largest absolute Gasteiger partial charge is 0.344 e. The molecule has 0 radical (unpaired) electrons. The average molecular weight is 130 g/mol. The van der Waals surface area contributed by atoms with Gasteiger partial charge < -0.3 is 11.5 Å². The molecule has 0 saturated carbocycles. The summed E-state index contributed by atoms with van der Waals surface area (Å²) in [5.74, 6) is 0.280. The summed E-state index contributed by atoms with van der Waals surface area (Å²) in [5, 5.41) is 3.11. The number of hydrogen-bond acceptors (Lipinski definition) is 3. The molecule has 0 bridgehead atoms. The van der Waals surface area contributed by atoms with Gasteiger partial charge in [-0.25, -0.2) is 0 Å². The number of carbonyl (C=O) groups is 1. The summed E-state index contributed by atoms with van der Waals surface area (Å²) in [5.41, 5.74) is 0. The molecule has 1 rings (SSSR count). The second-order valence-corrected chi connectivity index (χ2v) is 2.26. The highest BCUT2D eigenvalue weighted by atomic mass is 16.1. The monoisotopic (exact) mass is 130 g/mol. The van der Waals surface area contributed by atoms with Crippen molar-refractivity contribution in [2.24, 2.45) is 0 Å². The molecule has 1 unspecified atom stereocenters. The highest BCUT2D eigenvalue weighted by Crippen LogP contribution is 2.04. The van der Waals surface area contributed by atoms with Crippen LogP contribution < -0.4 is 11.5 Å². The van der Waals surface area contributed by atoms with Crippen LogP contribution in [0.25, 0.3) is 0 Å². The van der Waals surface area contributed by atoms with E-state index in [1.165, 1.54) is 0 Å². The van der Waals surface area contributed by atoms with Crippen LogP contribution in [0.1, 0.15) is 19.8 Å². The van der Waals surface area contributed by atoms with Gasteiger partial charge in [0.1, 0.15) is 5.78 Å². The van der Waals surface area contributed by atoms with Crippen LogP contribution in [0.4, 0.5) is 0 Å². The fourth-order valence-electron chi connectivity index (χ4n) is 1.03. The second-order valence-electron chi connectivity index (χ2n) is 2.26. The van der Waals surface area contributed by atoms with Gasteiger partial charge in [0.05, 0.1) is 6.04 Å². The van der Waals surface area contributed by atoms with E-state index in [1.54, 1.807) is 6.92 Å². The molecule has 1 saturated heterocycles. The molecular formula is C6H14N2O. The zero-order chi connectivity index (χ0) is 5.98. The van der Waals surface area contributed by atoms with Crippen molar-refractivity contribution in [3.8, 4) is 0 Å². The summed E-state index contributed by atoms with van der Waals surface area (Å²) in [6.45, 7) is 2.66. The maximum Gasteiger partial charge on any atom is 0.146 e. The lowest BCUT2D eigenvalue weighted by Crippen LogP contribution is -2.28. The first-order valence-electron chi connectivity index (χ1n) is 3.04. The zero-order valence-electron chi connectivity index (χ0n) is 5.81. The van der Waals surface area contributed by atoms with Gasteiger partial charge >= 0.3 is 0 Å². The number of Topliss-reactive ketones (excluding diaryl/α,β-unsaturated/α-hetero) is 1. The Morgan fingerprint density at radius 2 is 2.33 bits per heavy atom. The van der Waals surface area contributed by atoms with Crippen molar-refractivity contribution < 1.29 is 4.79 Å². The third kappa shape index (κ3) is 2.11. The van der Waals surface area contributed by atoms with E-state index in [2.05, 4.69) is 5.32 Å². The number of rotatable bonds is 1. The Hall–Kier alpha value is -0.410. The smallest absolute Gasteiger partial charge is 0.146 e. The maximum atomic E-state index is 10.6. The molecule has 0 aromatic heterocycles. The predicted octanol–water partition coefficient (Wildman–Crippen LogP) is 0.489. The van der Waals surface area contributed by atoms with Crippen molar-refractivity contribution in [3.05, 3.63) is 0 Å². The van der Waals surface area contributed by atoms with Gasteiger partial charge in [0.2, 0.25) is 0 Å². The Morgan fingerprint density at radius 1 is 1.67 bits per heavy atom. The molecule has 0 amide bonds. The minimum Gasteiger partial charge on any atom is -0.344 e. The van der Waals surface area contributed by atoms with Crippen LogP contribution in [0.15, 0.2) is 0 Å². The number of hydrogen-bond donors (Lipinski definition) is 2. The minimum absolute atomic E-state index is 0. The van der Waals surface area contributed by atoms with Crippen molar-refractivity contribution in [1.82, 2.24) is 11.5 Å². The van der Waals surface area contributed by atoms with Crippen molar-refractivity contribution in [1.29, 1.82) is 0 Å². The van der Waals surface area contributed by atoms with E-state index in [1.807, 2.05) is 0 Å². The van der Waals surface area contributed by atoms with Crippen LogP contribution in [-0.4, -0.2) is 18.4 Å². The van der Waals surface area contributed by atoms with Crippen molar-refractivity contribution >= 4 is 5.78 Å². The summed E-state index contributed by atoms with van der Waals surface area (Å²) in [6.07, 6.45) is 2.19. The van der Waals surface area contributed by atoms with E-state index in [4.69, 9.17) is 0 Å². The number of ketones is 1. The molecular weight excluding hydrogens is 116 g/mol. The summed E-state index contributed by atoms with van der Waals surface area (Å²) in [4.78, 5) is 10.6. The van der Waals surface area contributed by atoms with E-state index in [-0.39, 0.29) is 18.0 Å². The van der Waals surface area contributed by atoms with Gasteiger partial charge in [-0.05, 0) is 26.3 Å². The van der Waals surface area contributed by atoms with Crippen LogP contribution in [0.3, 0.4) is 0 Å². The molecule has 0 aliphatic carbocycles. The Labute approximate surface area is 55.4 Å². The van der Waals surface area contributed by atoms with E-state index >= 15 is 0 Å². The molecule has 0 spiro atoms. The number of carbonyl (C=O) groups excluding carboxylic acids is 1.